The van der Waals surface area contributed by atoms with Crippen LogP contribution in [-0.2, 0) is 4.79 Å². The number of azo groups is 1. The van der Waals surface area contributed by atoms with Crippen molar-refractivity contribution in [2.24, 2.45) is 10.2 Å². The van der Waals surface area contributed by atoms with E-state index in [-0.39, 0.29) is 6.29 Å². The van der Waals surface area contributed by atoms with Crippen molar-refractivity contribution in [2.45, 2.75) is 25.2 Å². The lowest BCUT2D eigenvalue weighted by Crippen LogP contribution is -2.36. The van der Waals surface area contributed by atoms with E-state index in [2.05, 4.69) is 43.1 Å². The van der Waals surface area contributed by atoms with Crippen LogP contribution < -0.4 is 19.6 Å². The molecular weight excluding hydrogens is 380 g/mol. The van der Waals surface area contributed by atoms with E-state index in [0.717, 1.165) is 41.4 Å². The van der Waals surface area contributed by atoms with Gasteiger partial charge >= 0.3 is 5.97 Å². The van der Waals surface area contributed by atoms with Crippen LogP contribution in [0.5, 0.6) is 0 Å². The summed E-state index contributed by atoms with van der Waals surface area (Å²) in [7, 11) is 8.10. The van der Waals surface area contributed by atoms with E-state index in [1.54, 1.807) is 0 Å². The summed E-state index contributed by atoms with van der Waals surface area (Å²) in [5.74, 6) is -0.763. The van der Waals surface area contributed by atoms with Crippen molar-refractivity contribution in [3.63, 3.8) is 0 Å². The number of rotatable bonds is 5. The Labute approximate surface area is 177 Å². The van der Waals surface area contributed by atoms with Crippen LogP contribution in [0.15, 0.2) is 52.7 Å². The van der Waals surface area contributed by atoms with Crippen LogP contribution in [0.4, 0.5) is 28.4 Å². The largest absolute Gasteiger partial charge is 0.480 e. The number of benzene rings is 2. The van der Waals surface area contributed by atoms with Crippen LogP contribution in [0, 0.1) is 0 Å². The van der Waals surface area contributed by atoms with Gasteiger partial charge in [-0.3, -0.25) is 0 Å². The van der Waals surface area contributed by atoms with Gasteiger partial charge in [0.15, 0.2) is 0 Å². The molecule has 2 heterocycles. The summed E-state index contributed by atoms with van der Waals surface area (Å²) >= 11 is 0. The molecule has 0 saturated carbocycles. The van der Waals surface area contributed by atoms with Crippen LogP contribution >= 0.6 is 0 Å². The Morgan fingerprint density at radius 1 is 1.07 bits per heavy atom. The SMILES string of the molecule is CN(C)c1ccc2c(c1)N(C)C(N=Nc1ccc(N3CCCC3C(=O)O)cc1)N2C. The van der Waals surface area contributed by atoms with Gasteiger partial charge in [0, 0.05) is 46.1 Å². The van der Waals surface area contributed by atoms with Crippen molar-refractivity contribution in [3.05, 3.63) is 42.5 Å². The number of carboxylic acid groups (broad SMARTS) is 1. The summed E-state index contributed by atoms with van der Waals surface area (Å²) in [6.45, 7) is 0.767. The van der Waals surface area contributed by atoms with Gasteiger partial charge in [0.05, 0.1) is 17.1 Å². The molecule has 0 bridgehead atoms. The number of aliphatic carboxylic acids is 1. The Morgan fingerprint density at radius 2 is 1.77 bits per heavy atom. The van der Waals surface area contributed by atoms with Crippen LogP contribution in [0.2, 0.25) is 0 Å². The Balaban J connectivity index is 1.49. The average Bonchev–Trinajstić information content (AvgIpc) is 3.31. The topological polar surface area (TPSA) is 75.0 Å². The van der Waals surface area contributed by atoms with E-state index in [0.29, 0.717) is 6.42 Å². The molecule has 2 aliphatic rings. The van der Waals surface area contributed by atoms with Crippen LogP contribution in [-0.4, -0.2) is 58.1 Å². The first-order valence-electron chi connectivity index (χ1n) is 10.1. The second-order valence-electron chi connectivity index (χ2n) is 8.06. The molecule has 8 nitrogen and oxygen atoms in total. The van der Waals surface area contributed by atoms with Gasteiger partial charge in [-0.25, -0.2) is 4.79 Å². The van der Waals surface area contributed by atoms with E-state index in [1.165, 1.54) is 0 Å². The third-order valence-corrected chi connectivity index (χ3v) is 5.92. The highest BCUT2D eigenvalue weighted by Crippen LogP contribution is 2.40. The molecular formula is C22H28N6O2. The lowest BCUT2D eigenvalue weighted by Gasteiger charge is -2.24. The first kappa shape index (κ1) is 20.0. The van der Waals surface area contributed by atoms with Crippen molar-refractivity contribution in [3.8, 4) is 0 Å². The minimum absolute atomic E-state index is 0.216. The lowest BCUT2D eigenvalue weighted by molar-refractivity contribution is -0.138. The monoisotopic (exact) mass is 408 g/mol. The van der Waals surface area contributed by atoms with E-state index in [4.69, 9.17) is 0 Å². The van der Waals surface area contributed by atoms with Crippen LogP contribution in [0.25, 0.3) is 0 Å². The zero-order chi connectivity index (χ0) is 21.4. The van der Waals surface area contributed by atoms with Gasteiger partial charge < -0.3 is 24.7 Å². The second-order valence-corrected chi connectivity index (χ2v) is 8.06. The highest BCUT2D eigenvalue weighted by atomic mass is 16.4. The van der Waals surface area contributed by atoms with Gasteiger partial charge in [-0.2, -0.15) is 5.11 Å². The number of anilines is 4. The lowest BCUT2D eigenvalue weighted by atomic mass is 10.2. The number of carboxylic acids is 1. The van der Waals surface area contributed by atoms with Gasteiger partial charge in [0.1, 0.15) is 6.04 Å². The fourth-order valence-corrected chi connectivity index (χ4v) is 4.20. The van der Waals surface area contributed by atoms with Gasteiger partial charge in [-0.15, -0.1) is 5.11 Å². The van der Waals surface area contributed by atoms with Crippen LogP contribution in [0.1, 0.15) is 12.8 Å². The predicted molar refractivity (Wildman–Crippen MR) is 120 cm³/mol. The minimum atomic E-state index is -0.763. The number of hydrogen-bond donors (Lipinski definition) is 1. The summed E-state index contributed by atoms with van der Waals surface area (Å²) in [6.07, 6.45) is 1.37. The Bertz CT molecular complexity index is 959. The molecule has 4 rings (SSSR count). The molecule has 0 radical (unpaired) electrons. The summed E-state index contributed by atoms with van der Waals surface area (Å²) in [5.41, 5.74) is 5.05. The quantitative estimate of drug-likeness (QED) is 0.760. The van der Waals surface area contributed by atoms with Gasteiger partial charge in [0.2, 0.25) is 6.29 Å². The molecule has 158 valence electrons. The fourth-order valence-electron chi connectivity index (χ4n) is 4.20. The molecule has 2 atom stereocenters. The molecule has 1 N–H and O–H groups in total. The molecule has 8 heteroatoms. The average molecular weight is 409 g/mol. The molecule has 0 aliphatic carbocycles. The van der Waals surface area contributed by atoms with E-state index >= 15 is 0 Å². The highest BCUT2D eigenvalue weighted by Gasteiger charge is 2.32. The van der Waals surface area contributed by atoms with E-state index in [1.807, 2.05) is 57.4 Å². The first-order valence-corrected chi connectivity index (χ1v) is 10.1. The van der Waals surface area contributed by atoms with Crippen molar-refractivity contribution >= 4 is 34.4 Å². The maximum atomic E-state index is 11.4. The Hall–Kier alpha value is -3.29. The molecule has 2 aliphatic heterocycles. The number of carbonyl (C=O) groups is 1. The van der Waals surface area contributed by atoms with Gasteiger partial charge in [-0.1, -0.05) is 0 Å². The van der Waals surface area contributed by atoms with Crippen LogP contribution in [0.3, 0.4) is 0 Å². The normalized spacial score (nSPS) is 20.9. The molecule has 0 aromatic heterocycles. The fraction of sp³-hybridized carbons (Fsp3) is 0.409. The van der Waals surface area contributed by atoms with E-state index < -0.39 is 12.0 Å². The second kappa shape index (κ2) is 7.85. The van der Waals surface area contributed by atoms with Crippen molar-refractivity contribution in [2.75, 3.05) is 54.3 Å². The van der Waals surface area contributed by atoms with E-state index in [9.17, 15) is 9.90 Å². The molecule has 0 spiro atoms. The zero-order valence-electron chi connectivity index (χ0n) is 17.9. The maximum absolute atomic E-state index is 11.4. The van der Waals surface area contributed by atoms with Gasteiger partial charge in [0.25, 0.3) is 0 Å². The molecule has 2 aromatic rings. The Morgan fingerprint density at radius 3 is 2.43 bits per heavy atom. The molecule has 1 fully saturated rings. The van der Waals surface area contributed by atoms with Crippen molar-refractivity contribution in [1.29, 1.82) is 0 Å². The zero-order valence-corrected chi connectivity index (χ0v) is 17.9. The summed E-state index contributed by atoms with van der Waals surface area (Å²) < 4.78 is 0. The molecule has 30 heavy (non-hydrogen) atoms. The first-order chi connectivity index (χ1) is 14.4. The third kappa shape index (κ3) is 3.53. The number of hydrogen-bond acceptors (Lipinski definition) is 7. The van der Waals surface area contributed by atoms with Gasteiger partial charge in [-0.05, 0) is 55.3 Å². The summed E-state index contributed by atoms with van der Waals surface area (Å²) in [5, 5.41) is 18.4. The Kier molecular flexibility index (Phi) is 5.24. The third-order valence-electron chi connectivity index (χ3n) is 5.92. The molecule has 2 aromatic carbocycles. The molecule has 0 amide bonds. The number of nitrogens with zero attached hydrogens (tertiary/aromatic N) is 6. The maximum Gasteiger partial charge on any atom is 0.326 e. The highest BCUT2D eigenvalue weighted by molar-refractivity contribution is 5.81. The molecule has 2 unspecified atom stereocenters. The number of fused-ring (bicyclic) bond motifs is 1. The summed E-state index contributed by atoms with van der Waals surface area (Å²) in [4.78, 5) is 19.7. The van der Waals surface area contributed by atoms with Crippen molar-refractivity contribution in [1.82, 2.24) is 0 Å². The van der Waals surface area contributed by atoms with Crippen molar-refractivity contribution < 1.29 is 9.90 Å². The molecule has 1 saturated heterocycles. The summed E-state index contributed by atoms with van der Waals surface area (Å²) in [6, 6.07) is 13.6. The standard InChI is InChI=1S/C22H28N6O2/c1-25(2)17-11-12-18-20(14-17)27(4)22(26(18)3)24-23-15-7-9-16(10-8-15)28-13-5-6-19(28)21(29)30/h7-12,14,19,22H,5-6,13H2,1-4H3,(H,29,30). The smallest absolute Gasteiger partial charge is 0.326 e. The predicted octanol–water partition coefficient (Wildman–Crippen LogP) is 3.76. The minimum Gasteiger partial charge on any atom is -0.480 e.